The minimum Gasteiger partial charge on any atom is -0.345 e. The van der Waals surface area contributed by atoms with Gasteiger partial charge in [-0.25, -0.2) is 0 Å². The second kappa shape index (κ2) is 12.3. The fraction of sp³-hybridized carbons (Fsp3) is 0.577. The van der Waals surface area contributed by atoms with E-state index >= 15 is 0 Å². The Morgan fingerprint density at radius 2 is 1.77 bits per heavy atom. The average molecular weight is 473 g/mol. The normalized spacial score (nSPS) is 14.7. The van der Waals surface area contributed by atoms with Crippen molar-refractivity contribution in [2.24, 2.45) is 0 Å². The van der Waals surface area contributed by atoms with Gasteiger partial charge in [0.2, 0.25) is 5.91 Å². The smallest absolute Gasteiger partial charge is 0.223 e. The van der Waals surface area contributed by atoms with Gasteiger partial charge in [-0.15, -0.1) is 0 Å². The number of unbranched alkanes of at least 4 members (excludes halogenated alkanes) is 4. The second-order valence-corrected chi connectivity index (χ2v) is 9.65. The van der Waals surface area contributed by atoms with Crippen LogP contribution in [0.25, 0.3) is 0 Å². The van der Waals surface area contributed by atoms with E-state index in [1.165, 1.54) is 56.2 Å². The van der Waals surface area contributed by atoms with Crippen molar-refractivity contribution in [3.63, 3.8) is 0 Å². The van der Waals surface area contributed by atoms with Gasteiger partial charge in [-0.2, -0.15) is 0 Å². The zero-order valence-corrected chi connectivity index (χ0v) is 20.1. The van der Waals surface area contributed by atoms with Crippen LogP contribution in [0.4, 0.5) is 0 Å². The number of benzene rings is 1. The Morgan fingerprint density at radius 3 is 2.50 bits per heavy atom. The summed E-state index contributed by atoms with van der Waals surface area (Å²) in [5.41, 5.74) is 2.52. The number of hydrogen-bond acceptors (Lipinski definition) is 1. The molecule has 0 unspecified atom stereocenters. The molecule has 4 heteroatoms. The van der Waals surface area contributed by atoms with Crippen LogP contribution in [-0.2, 0) is 17.9 Å². The quantitative estimate of drug-likeness (QED) is 0.314. The van der Waals surface area contributed by atoms with E-state index in [0.717, 1.165) is 36.8 Å². The highest BCUT2D eigenvalue weighted by Crippen LogP contribution is 2.26. The summed E-state index contributed by atoms with van der Waals surface area (Å²) < 4.78 is 3.40. The van der Waals surface area contributed by atoms with Crippen LogP contribution in [0.5, 0.6) is 0 Å². The first-order chi connectivity index (χ1) is 14.7. The molecule has 1 aliphatic carbocycles. The number of carbonyl (C=O) groups excluding carboxylic acids is 1. The van der Waals surface area contributed by atoms with Crippen LogP contribution < -0.4 is 0 Å². The summed E-state index contributed by atoms with van der Waals surface area (Å²) in [4.78, 5) is 15.4. The van der Waals surface area contributed by atoms with Crippen LogP contribution in [0.3, 0.4) is 0 Å². The highest BCUT2D eigenvalue weighted by Gasteiger charge is 2.26. The molecule has 0 bridgehead atoms. The van der Waals surface area contributed by atoms with Crippen molar-refractivity contribution >= 4 is 21.8 Å². The molecule has 0 aliphatic heterocycles. The number of hydrogen-bond donors (Lipinski definition) is 0. The van der Waals surface area contributed by atoms with Crippen LogP contribution in [0.1, 0.15) is 88.8 Å². The number of amides is 1. The van der Waals surface area contributed by atoms with E-state index in [4.69, 9.17) is 0 Å². The van der Waals surface area contributed by atoms with E-state index in [0.29, 0.717) is 18.4 Å². The highest BCUT2D eigenvalue weighted by molar-refractivity contribution is 9.10. The summed E-state index contributed by atoms with van der Waals surface area (Å²) in [6.07, 6.45) is 15.0. The molecule has 0 N–H and O–H groups in total. The maximum atomic E-state index is 13.2. The summed E-state index contributed by atoms with van der Waals surface area (Å²) in [5.74, 6) is 0.356. The van der Waals surface area contributed by atoms with Gasteiger partial charge in [0.05, 0.1) is 6.54 Å². The average Bonchev–Trinajstić information content (AvgIpc) is 3.20. The monoisotopic (exact) mass is 472 g/mol. The van der Waals surface area contributed by atoms with Crippen molar-refractivity contribution in [3.05, 3.63) is 58.3 Å². The first-order valence-electron chi connectivity index (χ1n) is 11.9. The fourth-order valence-electron chi connectivity index (χ4n) is 4.55. The largest absolute Gasteiger partial charge is 0.345 e. The van der Waals surface area contributed by atoms with Gasteiger partial charge < -0.3 is 9.47 Å². The highest BCUT2D eigenvalue weighted by atomic mass is 79.9. The first-order valence-corrected chi connectivity index (χ1v) is 12.6. The van der Waals surface area contributed by atoms with Gasteiger partial charge in [0, 0.05) is 35.4 Å². The molecule has 0 radical (unpaired) electrons. The molecule has 2 aromatic rings. The van der Waals surface area contributed by atoms with Gasteiger partial charge in [0.15, 0.2) is 0 Å². The Bertz CT molecular complexity index is 762. The van der Waals surface area contributed by atoms with E-state index < -0.39 is 0 Å². The summed E-state index contributed by atoms with van der Waals surface area (Å²) in [5, 5.41) is 0. The third-order valence-corrected chi connectivity index (χ3v) is 6.88. The molecule has 1 amide bonds. The molecule has 0 spiro atoms. The SMILES string of the molecule is CCCCCCCC(=O)N(Cc1cccn1Cc1ccc(Br)cc1)C1CCCCC1. The lowest BCUT2D eigenvalue weighted by Crippen LogP contribution is -2.41. The zero-order chi connectivity index (χ0) is 21.2. The van der Waals surface area contributed by atoms with Gasteiger partial charge in [0.1, 0.15) is 0 Å². The molecule has 3 rings (SSSR count). The molecular formula is C26H37BrN2O. The van der Waals surface area contributed by atoms with Crippen LogP contribution in [-0.4, -0.2) is 21.4 Å². The summed E-state index contributed by atoms with van der Waals surface area (Å²) in [6, 6.07) is 13.2. The lowest BCUT2D eigenvalue weighted by molar-refractivity contribution is -0.135. The molecule has 1 aromatic heterocycles. The molecule has 0 saturated heterocycles. The molecule has 3 nitrogen and oxygen atoms in total. The Morgan fingerprint density at radius 1 is 1.03 bits per heavy atom. The maximum Gasteiger partial charge on any atom is 0.223 e. The number of rotatable bonds is 11. The number of halogens is 1. The predicted octanol–water partition coefficient (Wildman–Crippen LogP) is 7.32. The second-order valence-electron chi connectivity index (χ2n) is 8.73. The van der Waals surface area contributed by atoms with Crippen molar-refractivity contribution in [3.8, 4) is 0 Å². The molecular weight excluding hydrogens is 436 g/mol. The Labute approximate surface area is 191 Å². The van der Waals surface area contributed by atoms with E-state index in [1.807, 2.05) is 0 Å². The van der Waals surface area contributed by atoms with Crippen molar-refractivity contribution in [1.82, 2.24) is 9.47 Å². The molecule has 1 saturated carbocycles. The van der Waals surface area contributed by atoms with Gasteiger partial charge in [-0.05, 0) is 49.1 Å². The molecule has 1 fully saturated rings. The van der Waals surface area contributed by atoms with E-state index in [-0.39, 0.29) is 0 Å². The molecule has 1 aliphatic rings. The Balaban J connectivity index is 1.66. The van der Waals surface area contributed by atoms with Crippen LogP contribution in [0, 0.1) is 0 Å². The van der Waals surface area contributed by atoms with Crippen LogP contribution in [0.15, 0.2) is 47.1 Å². The Kier molecular flexibility index (Phi) is 9.51. The predicted molar refractivity (Wildman–Crippen MR) is 128 cm³/mol. The Hall–Kier alpha value is -1.55. The third kappa shape index (κ3) is 7.01. The molecule has 164 valence electrons. The molecule has 1 aromatic carbocycles. The molecule has 30 heavy (non-hydrogen) atoms. The number of nitrogens with zero attached hydrogens (tertiary/aromatic N) is 2. The lowest BCUT2D eigenvalue weighted by Gasteiger charge is -2.35. The van der Waals surface area contributed by atoms with Gasteiger partial charge in [-0.3, -0.25) is 4.79 Å². The van der Waals surface area contributed by atoms with Crippen molar-refractivity contribution in [2.75, 3.05) is 0 Å². The lowest BCUT2D eigenvalue weighted by atomic mass is 9.93. The maximum absolute atomic E-state index is 13.2. The number of carbonyl (C=O) groups is 1. The van der Waals surface area contributed by atoms with Gasteiger partial charge in [-0.1, -0.05) is 79.9 Å². The minimum absolute atomic E-state index is 0.356. The summed E-state index contributed by atoms with van der Waals surface area (Å²) >= 11 is 3.51. The summed E-state index contributed by atoms with van der Waals surface area (Å²) in [6.45, 7) is 3.82. The fourth-order valence-corrected chi connectivity index (χ4v) is 4.81. The zero-order valence-electron chi connectivity index (χ0n) is 18.5. The third-order valence-electron chi connectivity index (χ3n) is 6.35. The van der Waals surface area contributed by atoms with E-state index in [2.05, 4.69) is 74.9 Å². The summed E-state index contributed by atoms with van der Waals surface area (Å²) in [7, 11) is 0. The minimum atomic E-state index is 0.356. The van der Waals surface area contributed by atoms with Crippen molar-refractivity contribution in [2.45, 2.75) is 96.7 Å². The number of aromatic nitrogens is 1. The van der Waals surface area contributed by atoms with Crippen molar-refractivity contribution < 1.29 is 4.79 Å². The standard InChI is InChI=1S/C26H37BrN2O/c1-2-3-4-5-9-14-26(30)29(24-11-7-6-8-12-24)21-25-13-10-19-28(25)20-22-15-17-23(27)18-16-22/h10,13,15-19,24H,2-9,11-12,14,20-21H2,1H3. The van der Waals surface area contributed by atoms with Gasteiger partial charge >= 0.3 is 0 Å². The van der Waals surface area contributed by atoms with E-state index in [1.54, 1.807) is 0 Å². The van der Waals surface area contributed by atoms with Crippen LogP contribution in [0.2, 0.25) is 0 Å². The molecule has 0 atom stereocenters. The van der Waals surface area contributed by atoms with E-state index in [9.17, 15) is 4.79 Å². The first kappa shape index (κ1) is 23.1. The topological polar surface area (TPSA) is 25.2 Å². The molecule has 1 heterocycles. The van der Waals surface area contributed by atoms with Gasteiger partial charge in [0.25, 0.3) is 0 Å². The van der Waals surface area contributed by atoms with Crippen molar-refractivity contribution in [1.29, 1.82) is 0 Å². The van der Waals surface area contributed by atoms with Crippen LogP contribution >= 0.6 is 15.9 Å².